The maximum atomic E-state index is 11.7. The molecular formula is C12H17NO4. The third kappa shape index (κ3) is 1.83. The van der Waals surface area contributed by atoms with E-state index >= 15 is 0 Å². The molecule has 0 aromatic heterocycles. The molecule has 5 heteroatoms. The Kier molecular flexibility index (Phi) is 2.93. The predicted molar refractivity (Wildman–Crippen MR) is 59.1 cm³/mol. The lowest BCUT2D eigenvalue weighted by molar-refractivity contribution is -0.166. The van der Waals surface area contributed by atoms with E-state index in [0.717, 1.165) is 17.7 Å². The summed E-state index contributed by atoms with van der Waals surface area (Å²) in [5.74, 6) is -1.45. The van der Waals surface area contributed by atoms with Crippen molar-refractivity contribution in [3.63, 3.8) is 0 Å². The van der Waals surface area contributed by atoms with E-state index in [4.69, 9.17) is 0 Å². The van der Waals surface area contributed by atoms with Gasteiger partial charge in [-0.05, 0) is 18.8 Å². The number of hydrogen-bond acceptors (Lipinski definition) is 3. The first-order valence-electron chi connectivity index (χ1n) is 6.06. The van der Waals surface area contributed by atoms with Gasteiger partial charge in [-0.1, -0.05) is 19.8 Å². The molecule has 94 valence electrons. The highest BCUT2D eigenvalue weighted by molar-refractivity contribution is 6.06. The topological polar surface area (TPSA) is 74.7 Å². The Bertz CT molecular complexity index is 363. The summed E-state index contributed by atoms with van der Waals surface area (Å²) in [6, 6.07) is 0. The van der Waals surface area contributed by atoms with Gasteiger partial charge in [-0.25, -0.2) is 4.79 Å². The highest BCUT2D eigenvalue weighted by Crippen LogP contribution is 2.39. The maximum absolute atomic E-state index is 11.7. The molecule has 0 bridgehead atoms. The molecule has 1 saturated carbocycles. The molecular weight excluding hydrogens is 222 g/mol. The van der Waals surface area contributed by atoms with Crippen LogP contribution in [0.3, 0.4) is 0 Å². The van der Waals surface area contributed by atoms with Crippen LogP contribution in [0.15, 0.2) is 0 Å². The van der Waals surface area contributed by atoms with Crippen LogP contribution < -0.4 is 0 Å². The number of likely N-dealkylation sites (tertiary alicyclic amines) is 1. The first-order valence-corrected chi connectivity index (χ1v) is 6.06. The van der Waals surface area contributed by atoms with Crippen molar-refractivity contribution in [2.45, 2.75) is 51.0 Å². The Labute approximate surface area is 99.8 Å². The molecule has 1 N–H and O–H groups in total. The van der Waals surface area contributed by atoms with Crippen molar-refractivity contribution in [2.75, 3.05) is 0 Å². The molecule has 2 fully saturated rings. The number of carbonyl (C=O) groups is 3. The molecule has 1 heterocycles. The molecule has 2 amide bonds. The molecule has 2 aliphatic rings. The molecule has 5 nitrogen and oxygen atoms in total. The van der Waals surface area contributed by atoms with Crippen molar-refractivity contribution in [1.29, 1.82) is 0 Å². The van der Waals surface area contributed by atoms with Crippen LogP contribution >= 0.6 is 0 Å². The average Bonchev–Trinajstić information content (AvgIpc) is 2.58. The van der Waals surface area contributed by atoms with Gasteiger partial charge < -0.3 is 5.11 Å². The molecule has 0 aromatic carbocycles. The SMILES string of the molecule is CC1CCCC(C(=O)O)(N2C(=O)CCC2=O)C1. The van der Waals surface area contributed by atoms with Crippen molar-refractivity contribution in [1.82, 2.24) is 4.90 Å². The fraction of sp³-hybridized carbons (Fsp3) is 0.750. The number of amides is 2. The number of rotatable bonds is 2. The summed E-state index contributed by atoms with van der Waals surface area (Å²) in [7, 11) is 0. The zero-order chi connectivity index (χ0) is 12.6. The Hall–Kier alpha value is -1.39. The van der Waals surface area contributed by atoms with Crippen molar-refractivity contribution < 1.29 is 19.5 Å². The summed E-state index contributed by atoms with van der Waals surface area (Å²) >= 11 is 0. The van der Waals surface area contributed by atoms with Gasteiger partial charge in [-0.15, -0.1) is 0 Å². The lowest BCUT2D eigenvalue weighted by Crippen LogP contribution is -2.58. The number of imide groups is 1. The van der Waals surface area contributed by atoms with E-state index in [0.29, 0.717) is 12.8 Å². The summed E-state index contributed by atoms with van der Waals surface area (Å²) < 4.78 is 0. The molecule has 1 aliphatic heterocycles. The molecule has 0 aromatic rings. The highest BCUT2D eigenvalue weighted by atomic mass is 16.4. The minimum absolute atomic E-state index is 0.155. The normalized spacial score (nSPS) is 34.2. The van der Waals surface area contributed by atoms with Gasteiger partial charge >= 0.3 is 5.97 Å². The minimum atomic E-state index is -1.28. The quantitative estimate of drug-likeness (QED) is 0.734. The number of hydrogen-bond donors (Lipinski definition) is 1. The largest absolute Gasteiger partial charge is 0.479 e. The zero-order valence-electron chi connectivity index (χ0n) is 9.94. The molecule has 17 heavy (non-hydrogen) atoms. The molecule has 1 saturated heterocycles. The van der Waals surface area contributed by atoms with Gasteiger partial charge in [0.25, 0.3) is 0 Å². The molecule has 1 aliphatic carbocycles. The van der Waals surface area contributed by atoms with E-state index in [-0.39, 0.29) is 30.6 Å². The highest BCUT2D eigenvalue weighted by Gasteiger charge is 2.53. The maximum Gasteiger partial charge on any atom is 0.330 e. The average molecular weight is 239 g/mol. The Morgan fingerprint density at radius 1 is 1.35 bits per heavy atom. The fourth-order valence-electron chi connectivity index (χ4n) is 3.07. The van der Waals surface area contributed by atoms with Gasteiger partial charge in [0.2, 0.25) is 11.8 Å². The number of carboxylic acids is 1. The number of nitrogens with zero attached hydrogens (tertiary/aromatic N) is 1. The van der Waals surface area contributed by atoms with Crippen LogP contribution in [0.5, 0.6) is 0 Å². The predicted octanol–water partition coefficient (Wildman–Crippen LogP) is 1.17. The Morgan fingerprint density at radius 2 is 1.94 bits per heavy atom. The second kappa shape index (κ2) is 4.13. The van der Waals surface area contributed by atoms with Crippen molar-refractivity contribution in [3.05, 3.63) is 0 Å². The van der Waals surface area contributed by atoms with Crippen molar-refractivity contribution in [3.8, 4) is 0 Å². The second-order valence-corrected chi connectivity index (χ2v) is 5.16. The minimum Gasteiger partial charge on any atom is -0.479 e. The third-order valence-corrected chi connectivity index (χ3v) is 3.85. The molecule has 2 rings (SSSR count). The van der Waals surface area contributed by atoms with Crippen molar-refractivity contribution in [2.24, 2.45) is 5.92 Å². The number of aliphatic carboxylic acids is 1. The first kappa shape index (κ1) is 12.1. The van der Waals surface area contributed by atoms with Crippen molar-refractivity contribution >= 4 is 17.8 Å². The third-order valence-electron chi connectivity index (χ3n) is 3.85. The molecule has 0 radical (unpaired) electrons. The van der Waals surface area contributed by atoms with Crippen LogP contribution in [0.1, 0.15) is 45.4 Å². The van der Waals surface area contributed by atoms with Gasteiger partial charge in [-0.3, -0.25) is 14.5 Å². The summed E-state index contributed by atoms with van der Waals surface area (Å²) in [4.78, 5) is 36.1. The summed E-state index contributed by atoms with van der Waals surface area (Å²) in [5.41, 5.74) is -1.28. The first-order chi connectivity index (χ1) is 7.97. The monoisotopic (exact) mass is 239 g/mol. The van der Waals surface area contributed by atoms with E-state index in [1.807, 2.05) is 6.92 Å². The van der Waals surface area contributed by atoms with E-state index in [9.17, 15) is 19.5 Å². The standard InChI is InChI=1S/C12H17NO4/c1-8-3-2-6-12(7-8,11(16)17)13-9(14)4-5-10(13)15/h8H,2-7H2,1H3,(H,16,17). The summed E-state index contributed by atoms with van der Waals surface area (Å²) in [6.45, 7) is 1.97. The van der Waals surface area contributed by atoms with E-state index in [1.54, 1.807) is 0 Å². The Balaban J connectivity index is 2.37. The number of carboxylic acid groups (broad SMARTS) is 1. The Morgan fingerprint density at radius 3 is 2.41 bits per heavy atom. The lowest BCUT2D eigenvalue weighted by atomic mass is 9.75. The molecule has 0 spiro atoms. The van der Waals surface area contributed by atoms with Gasteiger partial charge in [0.1, 0.15) is 5.54 Å². The second-order valence-electron chi connectivity index (χ2n) is 5.16. The molecule has 2 unspecified atom stereocenters. The van der Waals surface area contributed by atoms with Gasteiger partial charge in [-0.2, -0.15) is 0 Å². The van der Waals surface area contributed by atoms with E-state index in [1.165, 1.54) is 0 Å². The zero-order valence-corrected chi connectivity index (χ0v) is 9.94. The van der Waals surface area contributed by atoms with Crippen LogP contribution in [-0.4, -0.2) is 33.3 Å². The van der Waals surface area contributed by atoms with Crippen LogP contribution in [0, 0.1) is 5.92 Å². The van der Waals surface area contributed by atoms with Crippen LogP contribution in [-0.2, 0) is 14.4 Å². The van der Waals surface area contributed by atoms with Gasteiger partial charge in [0, 0.05) is 12.8 Å². The smallest absolute Gasteiger partial charge is 0.330 e. The summed E-state index contributed by atoms with van der Waals surface area (Å²) in [5, 5.41) is 9.46. The van der Waals surface area contributed by atoms with Crippen LogP contribution in [0.4, 0.5) is 0 Å². The summed E-state index contributed by atoms with van der Waals surface area (Å²) in [6.07, 6.45) is 2.81. The fourth-order valence-corrected chi connectivity index (χ4v) is 3.07. The van der Waals surface area contributed by atoms with Gasteiger partial charge in [0.05, 0.1) is 0 Å². The molecule has 2 atom stereocenters. The van der Waals surface area contributed by atoms with Gasteiger partial charge in [0.15, 0.2) is 0 Å². The lowest BCUT2D eigenvalue weighted by Gasteiger charge is -2.41. The van der Waals surface area contributed by atoms with E-state index in [2.05, 4.69) is 0 Å². The van der Waals surface area contributed by atoms with Crippen LogP contribution in [0.2, 0.25) is 0 Å². The van der Waals surface area contributed by atoms with Crippen LogP contribution in [0.25, 0.3) is 0 Å². The number of carbonyl (C=O) groups excluding carboxylic acids is 2. The van der Waals surface area contributed by atoms with E-state index < -0.39 is 11.5 Å².